The molecule has 4 aromatic heterocycles. The topological polar surface area (TPSA) is 90.0 Å². The maximum Gasteiger partial charge on any atom is 0.294 e. The minimum absolute atomic E-state index is 0.326. The second kappa shape index (κ2) is 5.12. The van der Waals surface area contributed by atoms with E-state index in [-0.39, 0.29) is 0 Å². The largest absolute Gasteiger partial charge is 0.459 e. The Morgan fingerprint density at radius 1 is 1.27 bits per heavy atom. The monoisotopic (exact) mass is 296 g/mol. The number of aromatic amines is 1. The van der Waals surface area contributed by atoms with Crippen molar-refractivity contribution in [1.29, 1.82) is 0 Å². The molecule has 0 fully saturated rings. The van der Waals surface area contributed by atoms with E-state index in [4.69, 9.17) is 13.7 Å². The molecule has 0 bridgehead atoms. The molecule has 7 nitrogen and oxygen atoms in total. The fourth-order valence-electron chi connectivity index (χ4n) is 2.37. The molecule has 0 aromatic carbocycles. The molecule has 0 saturated heterocycles. The van der Waals surface area contributed by atoms with Gasteiger partial charge in [-0.25, -0.2) is 4.98 Å². The van der Waals surface area contributed by atoms with Crippen LogP contribution in [-0.2, 0) is 11.3 Å². The number of hydrogen-bond acceptors (Lipinski definition) is 6. The quantitative estimate of drug-likeness (QED) is 0.622. The number of nitrogens with zero attached hydrogens (tertiary/aromatic N) is 3. The number of fused-ring (bicyclic) bond motifs is 1. The SMILES string of the molecule is COCc1ccoc1-c1nc(-c2ccnc3[nH]ccc23)no1. The Morgan fingerprint density at radius 2 is 2.23 bits per heavy atom. The number of furan rings is 1. The molecule has 110 valence electrons. The van der Waals surface area contributed by atoms with Crippen LogP contribution < -0.4 is 0 Å². The second-order valence-corrected chi connectivity index (χ2v) is 4.73. The molecular weight excluding hydrogens is 284 g/mol. The summed E-state index contributed by atoms with van der Waals surface area (Å²) in [6, 6.07) is 5.60. The van der Waals surface area contributed by atoms with Crippen molar-refractivity contribution in [2.24, 2.45) is 0 Å². The first-order valence-electron chi connectivity index (χ1n) is 6.68. The molecule has 22 heavy (non-hydrogen) atoms. The Balaban J connectivity index is 1.78. The van der Waals surface area contributed by atoms with Gasteiger partial charge in [0, 0.05) is 36.0 Å². The molecule has 4 rings (SSSR count). The fourth-order valence-corrected chi connectivity index (χ4v) is 2.37. The van der Waals surface area contributed by atoms with Crippen molar-refractivity contribution < 1.29 is 13.7 Å². The van der Waals surface area contributed by atoms with E-state index in [1.807, 2.05) is 24.4 Å². The van der Waals surface area contributed by atoms with Gasteiger partial charge in [-0.1, -0.05) is 5.16 Å². The van der Waals surface area contributed by atoms with Crippen molar-refractivity contribution in [1.82, 2.24) is 20.1 Å². The number of hydrogen-bond donors (Lipinski definition) is 1. The maximum atomic E-state index is 5.43. The molecule has 0 saturated carbocycles. The third-order valence-corrected chi connectivity index (χ3v) is 3.37. The number of nitrogens with one attached hydrogen (secondary N) is 1. The van der Waals surface area contributed by atoms with Crippen LogP contribution in [0.5, 0.6) is 0 Å². The second-order valence-electron chi connectivity index (χ2n) is 4.73. The lowest BCUT2D eigenvalue weighted by Crippen LogP contribution is -1.88. The number of aromatic nitrogens is 4. The van der Waals surface area contributed by atoms with Gasteiger partial charge in [-0.05, 0) is 18.2 Å². The summed E-state index contributed by atoms with van der Waals surface area (Å²) in [5.74, 6) is 1.34. The van der Waals surface area contributed by atoms with Gasteiger partial charge in [-0.3, -0.25) is 0 Å². The zero-order valence-electron chi connectivity index (χ0n) is 11.7. The normalized spacial score (nSPS) is 11.3. The Hall–Kier alpha value is -2.93. The van der Waals surface area contributed by atoms with E-state index >= 15 is 0 Å². The van der Waals surface area contributed by atoms with Crippen molar-refractivity contribution >= 4 is 11.0 Å². The number of ether oxygens (including phenoxy) is 1. The molecule has 0 spiro atoms. The highest BCUT2D eigenvalue weighted by Crippen LogP contribution is 2.29. The lowest BCUT2D eigenvalue weighted by molar-refractivity contribution is 0.184. The Morgan fingerprint density at radius 3 is 3.14 bits per heavy atom. The number of pyridine rings is 1. The molecule has 4 aromatic rings. The summed E-state index contributed by atoms with van der Waals surface area (Å²) in [7, 11) is 1.62. The van der Waals surface area contributed by atoms with Crippen LogP contribution in [0.2, 0.25) is 0 Å². The summed E-state index contributed by atoms with van der Waals surface area (Å²) < 4.78 is 15.9. The van der Waals surface area contributed by atoms with Gasteiger partial charge in [0.15, 0.2) is 5.76 Å². The van der Waals surface area contributed by atoms with Crippen molar-refractivity contribution in [3.8, 4) is 23.0 Å². The van der Waals surface area contributed by atoms with Crippen molar-refractivity contribution in [2.75, 3.05) is 7.11 Å². The summed E-state index contributed by atoms with van der Waals surface area (Å²) in [5.41, 5.74) is 2.49. The predicted octanol–water partition coefficient (Wildman–Crippen LogP) is 3.02. The molecule has 7 heteroatoms. The highest BCUT2D eigenvalue weighted by Gasteiger charge is 2.18. The molecule has 1 N–H and O–H groups in total. The zero-order valence-corrected chi connectivity index (χ0v) is 11.7. The third-order valence-electron chi connectivity index (χ3n) is 3.37. The van der Waals surface area contributed by atoms with Crippen LogP contribution >= 0.6 is 0 Å². The first kappa shape index (κ1) is 12.8. The lowest BCUT2D eigenvalue weighted by Gasteiger charge is -1.96. The van der Waals surface area contributed by atoms with Gasteiger partial charge >= 0.3 is 0 Å². The lowest BCUT2D eigenvalue weighted by atomic mass is 10.2. The highest BCUT2D eigenvalue weighted by atomic mass is 16.5. The van der Waals surface area contributed by atoms with E-state index in [2.05, 4.69) is 20.1 Å². The maximum absolute atomic E-state index is 5.43. The number of methoxy groups -OCH3 is 1. The summed E-state index contributed by atoms with van der Waals surface area (Å²) in [6.45, 7) is 0.418. The van der Waals surface area contributed by atoms with E-state index in [0.717, 1.165) is 22.2 Å². The summed E-state index contributed by atoms with van der Waals surface area (Å²) >= 11 is 0. The standard InChI is InChI=1S/C15H12N4O3/c1-20-8-9-4-7-21-12(9)15-18-14(19-22-15)11-3-6-17-13-10(11)2-5-16-13/h2-7H,8H2,1H3,(H,16,17). The van der Waals surface area contributed by atoms with Crippen LogP contribution in [0.15, 0.2) is 45.8 Å². The van der Waals surface area contributed by atoms with Gasteiger partial charge in [0.1, 0.15) is 5.65 Å². The average molecular weight is 296 g/mol. The van der Waals surface area contributed by atoms with Crippen molar-refractivity contribution in [3.05, 3.63) is 42.4 Å². The Bertz CT molecular complexity index is 922. The smallest absolute Gasteiger partial charge is 0.294 e. The van der Waals surface area contributed by atoms with E-state index in [1.54, 1.807) is 19.6 Å². The van der Waals surface area contributed by atoms with E-state index in [0.29, 0.717) is 24.1 Å². The summed E-state index contributed by atoms with van der Waals surface area (Å²) in [4.78, 5) is 11.7. The molecule has 0 aliphatic carbocycles. The van der Waals surface area contributed by atoms with Gasteiger partial charge in [0.05, 0.1) is 12.9 Å². The third kappa shape index (κ3) is 1.99. The zero-order chi connectivity index (χ0) is 14.9. The van der Waals surface area contributed by atoms with Gasteiger partial charge in [-0.15, -0.1) is 0 Å². The molecule has 0 atom stereocenters. The van der Waals surface area contributed by atoms with Gasteiger partial charge in [0.25, 0.3) is 5.89 Å². The van der Waals surface area contributed by atoms with Crippen molar-refractivity contribution in [3.63, 3.8) is 0 Å². The van der Waals surface area contributed by atoms with E-state index in [1.165, 1.54) is 0 Å². The molecule has 0 amide bonds. The highest BCUT2D eigenvalue weighted by molar-refractivity contribution is 5.90. The number of rotatable bonds is 4. The molecule has 0 radical (unpaired) electrons. The van der Waals surface area contributed by atoms with Crippen LogP contribution in [-0.4, -0.2) is 27.2 Å². The molecule has 0 aliphatic rings. The minimum Gasteiger partial charge on any atom is -0.459 e. The number of H-pyrrole nitrogens is 1. The minimum atomic E-state index is 0.326. The van der Waals surface area contributed by atoms with Crippen molar-refractivity contribution in [2.45, 2.75) is 6.61 Å². The van der Waals surface area contributed by atoms with Gasteiger partial charge in [0.2, 0.25) is 5.82 Å². The molecule has 4 heterocycles. The molecular formula is C15H12N4O3. The Kier molecular flexibility index (Phi) is 2.97. The van der Waals surface area contributed by atoms with E-state index < -0.39 is 0 Å². The van der Waals surface area contributed by atoms with E-state index in [9.17, 15) is 0 Å². The predicted molar refractivity (Wildman–Crippen MR) is 77.8 cm³/mol. The van der Waals surface area contributed by atoms with Crippen LogP contribution in [0.3, 0.4) is 0 Å². The summed E-state index contributed by atoms with van der Waals surface area (Å²) in [5, 5.41) is 4.98. The van der Waals surface area contributed by atoms with Gasteiger partial charge < -0.3 is 18.7 Å². The van der Waals surface area contributed by atoms with Crippen LogP contribution in [0.4, 0.5) is 0 Å². The fraction of sp³-hybridized carbons (Fsp3) is 0.133. The first-order valence-corrected chi connectivity index (χ1v) is 6.68. The Labute approximate surface area is 124 Å². The first-order chi connectivity index (χ1) is 10.9. The molecule has 0 unspecified atom stereocenters. The van der Waals surface area contributed by atoms with Gasteiger partial charge in [-0.2, -0.15) is 4.98 Å². The summed E-state index contributed by atoms with van der Waals surface area (Å²) in [6.07, 6.45) is 5.10. The van der Waals surface area contributed by atoms with Crippen LogP contribution in [0, 0.1) is 0 Å². The average Bonchev–Trinajstić information content (AvgIpc) is 3.26. The molecule has 0 aliphatic heterocycles. The van der Waals surface area contributed by atoms with Crippen LogP contribution in [0.1, 0.15) is 5.56 Å². The van der Waals surface area contributed by atoms with Crippen LogP contribution in [0.25, 0.3) is 34.1 Å².